The van der Waals surface area contributed by atoms with Gasteiger partial charge in [-0.25, -0.2) is 4.79 Å². The molecule has 21 heavy (non-hydrogen) atoms. The molecule has 2 rings (SSSR count). The van der Waals surface area contributed by atoms with Crippen molar-refractivity contribution in [2.45, 2.75) is 13.5 Å². The number of nitrogen functional groups attached to an aromatic ring is 1. The first-order valence-corrected chi connectivity index (χ1v) is 7.56. The molecule has 0 aliphatic heterocycles. The van der Waals surface area contributed by atoms with Crippen LogP contribution in [0.5, 0.6) is 0 Å². The van der Waals surface area contributed by atoms with Gasteiger partial charge in [-0.2, -0.15) is 4.37 Å². The van der Waals surface area contributed by atoms with E-state index in [1.54, 1.807) is 6.92 Å². The van der Waals surface area contributed by atoms with Crippen molar-refractivity contribution in [2.75, 3.05) is 24.3 Å². The fourth-order valence-corrected chi connectivity index (χ4v) is 2.86. The van der Waals surface area contributed by atoms with Crippen molar-refractivity contribution in [1.82, 2.24) is 4.37 Å². The van der Waals surface area contributed by atoms with Gasteiger partial charge in [-0.1, -0.05) is 29.8 Å². The van der Waals surface area contributed by atoms with Gasteiger partial charge >= 0.3 is 5.97 Å². The van der Waals surface area contributed by atoms with Crippen LogP contribution >= 0.6 is 23.1 Å². The number of esters is 1. The van der Waals surface area contributed by atoms with E-state index in [-0.39, 0.29) is 5.82 Å². The molecule has 0 atom stereocenters. The monoisotopic (exact) mass is 325 g/mol. The van der Waals surface area contributed by atoms with Crippen molar-refractivity contribution in [3.05, 3.63) is 40.4 Å². The predicted octanol–water partition coefficient (Wildman–Crippen LogP) is 3.19. The van der Waals surface area contributed by atoms with Crippen molar-refractivity contribution in [3.63, 3.8) is 0 Å². The highest BCUT2D eigenvalue weighted by atomic mass is 35.5. The molecule has 1 aromatic carbocycles. The molecule has 7 heteroatoms. The Morgan fingerprint density at radius 2 is 2.19 bits per heavy atom. The molecule has 1 heterocycles. The zero-order valence-electron chi connectivity index (χ0n) is 11.8. The number of hydrogen-bond donors (Lipinski definition) is 1. The van der Waals surface area contributed by atoms with Crippen LogP contribution in [0.3, 0.4) is 0 Å². The Labute approximate surface area is 132 Å². The predicted molar refractivity (Wildman–Crippen MR) is 86.0 cm³/mol. The summed E-state index contributed by atoms with van der Waals surface area (Å²) in [7, 11) is 1.86. The summed E-state index contributed by atoms with van der Waals surface area (Å²) in [5.41, 5.74) is 7.06. The van der Waals surface area contributed by atoms with Gasteiger partial charge in [0.25, 0.3) is 0 Å². The topological polar surface area (TPSA) is 68.5 Å². The summed E-state index contributed by atoms with van der Waals surface area (Å²) in [5, 5.41) is 1.35. The molecule has 0 spiro atoms. The van der Waals surface area contributed by atoms with Crippen molar-refractivity contribution in [1.29, 1.82) is 0 Å². The molecule has 5 nitrogen and oxygen atoms in total. The Kier molecular flexibility index (Phi) is 5.03. The van der Waals surface area contributed by atoms with Crippen LogP contribution in [0.1, 0.15) is 22.8 Å². The lowest BCUT2D eigenvalue weighted by atomic mass is 10.2. The van der Waals surface area contributed by atoms with Gasteiger partial charge in [0.1, 0.15) is 10.6 Å². The van der Waals surface area contributed by atoms with E-state index in [0.29, 0.717) is 28.7 Å². The first kappa shape index (κ1) is 15.6. The van der Waals surface area contributed by atoms with Crippen LogP contribution in [0.4, 0.5) is 10.8 Å². The van der Waals surface area contributed by atoms with E-state index < -0.39 is 5.97 Å². The van der Waals surface area contributed by atoms with Crippen LogP contribution in [-0.2, 0) is 11.3 Å². The number of aromatic nitrogens is 1. The molecule has 0 aliphatic rings. The standard InChI is InChI=1S/C14H16ClN3O2S/c1-3-20-14(19)11-12(16)17-21-13(11)18(2)8-9-6-4-5-7-10(9)15/h4-7H,3,8H2,1-2H3,(H2,16,17). The number of nitrogens with two attached hydrogens (primary N) is 1. The van der Waals surface area contributed by atoms with E-state index in [9.17, 15) is 4.79 Å². The van der Waals surface area contributed by atoms with Crippen LogP contribution < -0.4 is 10.6 Å². The van der Waals surface area contributed by atoms with E-state index in [2.05, 4.69) is 4.37 Å². The Bertz CT molecular complexity index is 645. The highest BCUT2D eigenvalue weighted by molar-refractivity contribution is 7.11. The van der Waals surface area contributed by atoms with Crippen molar-refractivity contribution in [3.8, 4) is 0 Å². The zero-order valence-corrected chi connectivity index (χ0v) is 13.4. The fraction of sp³-hybridized carbons (Fsp3) is 0.286. The van der Waals surface area contributed by atoms with Crippen molar-refractivity contribution >= 4 is 39.9 Å². The number of benzene rings is 1. The van der Waals surface area contributed by atoms with Gasteiger partial charge in [-0.15, -0.1) is 0 Å². The summed E-state index contributed by atoms with van der Waals surface area (Å²) in [6, 6.07) is 7.56. The smallest absolute Gasteiger partial charge is 0.345 e. The second kappa shape index (κ2) is 6.78. The minimum absolute atomic E-state index is 0.194. The number of nitrogens with zero attached hydrogens (tertiary/aromatic N) is 2. The summed E-state index contributed by atoms with van der Waals surface area (Å²) >= 11 is 7.33. The molecule has 1 aromatic heterocycles. The van der Waals surface area contributed by atoms with E-state index in [4.69, 9.17) is 22.1 Å². The van der Waals surface area contributed by atoms with Gasteiger partial charge < -0.3 is 15.4 Å². The van der Waals surface area contributed by atoms with E-state index in [0.717, 1.165) is 5.56 Å². The lowest BCUT2D eigenvalue weighted by molar-refractivity contribution is 0.0528. The average molecular weight is 326 g/mol. The molecule has 0 amide bonds. The first-order valence-electron chi connectivity index (χ1n) is 6.41. The fourth-order valence-electron chi connectivity index (χ4n) is 1.90. The molecule has 0 bridgehead atoms. The highest BCUT2D eigenvalue weighted by Crippen LogP contribution is 2.32. The van der Waals surface area contributed by atoms with Gasteiger partial charge in [-0.05, 0) is 30.1 Å². The number of carbonyl (C=O) groups is 1. The van der Waals surface area contributed by atoms with Crippen LogP contribution in [0.2, 0.25) is 5.02 Å². The molecule has 0 aliphatic carbocycles. The molecule has 2 N–H and O–H groups in total. The molecular formula is C14H16ClN3O2S. The van der Waals surface area contributed by atoms with Crippen molar-refractivity contribution < 1.29 is 9.53 Å². The molecule has 112 valence electrons. The molecule has 0 radical (unpaired) electrons. The summed E-state index contributed by atoms with van der Waals surface area (Å²) in [6.45, 7) is 2.59. The largest absolute Gasteiger partial charge is 0.462 e. The van der Waals surface area contributed by atoms with Crippen LogP contribution in [0.15, 0.2) is 24.3 Å². The molecular weight excluding hydrogens is 310 g/mol. The number of rotatable bonds is 5. The quantitative estimate of drug-likeness (QED) is 0.855. The normalized spacial score (nSPS) is 10.4. The van der Waals surface area contributed by atoms with E-state index >= 15 is 0 Å². The lowest BCUT2D eigenvalue weighted by Gasteiger charge is -2.19. The second-order valence-electron chi connectivity index (χ2n) is 4.42. The molecule has 0 fully saturated rings. The van der Waals surface area contributed by atoms with E-state index in [1.165, 1.54) is 11.5 Å². The van der Waals surface area contributed by atoms with Gasteiger partial charge in [0, 0.05) is 18.6 Å². The van der Waals surface area contributed by atoms with Crippen molar-refractivity contribution in [2.24, 2.45) is 0 Å². The zero-order chi connectivity index (χ0) is 15.4. The van der Waals surface area contributed by atoms with Gasteiger partial charge in [-0.3, -0.25) is 0 Å². The number of ether oxygens (including phenoxy) is 1. The maximum atomic E-state index is 12.0. The van der Waals surface area contributed by atoms with Crippen LogP contribution in [-0.4, -0.2) is 24.0 Å². The summed E-state index contributed by atoms with van der Waals surface area (Å²) in [6.07, 6.45) is 0. The lowest BCUT2D eigenvalue weighted by Crippen LogP contribution is -2.19. The van der Waals surface area contributed by atoms with E-state index in [1.807, 2.05) is 36.2 Å². The number of anilines is 2. The first-order chi connectivity index (χ1) is 10.0. The van der Waals surface area contributed by atoms with Crippen LogP contribution in [0, 0.1) is 0 Å². The highest BCUT2D eigenvalue weighted by Gasteiger charge is 2.23. The summed E-state index contributed by atoms with van der Waals surface area (Å²) < 4.78 is 9.08. The molecule has 0 saturated carbocycles. The number of halogens is 1. The third-order valence-corrected chi connectivity index (χ3v) is 4.24. The van der Waals surface area contributed by atoms with Crippen LogP contribution in [0.25, 0.3) is 0 Å². The summed E-state index contributed by atoms with van der Waals surface area (Å²) in [5.74, 6) is -0.260. The summed E-state index contributed by atoms with van der Waals surface area (Å²) in [4.78, 5) is 13.9. The third-order valence-electron chi connectivity index (χ3n) is 2.89. The Hall–Kier alpha value is -1.79. The molecule has 0 unspecified atom stereocenters. The maximum absolute atomic E-state index is 12.0. The average Bonchev–Trinajstić information content (AvgIpc) is 2.83. The number of carbonyl (C=O) groups excluding carboxylic acids is 1. The maximum Gasteiger partial charge on any atom is 0.345 e. The van der Waals surface area contributed by atoms with Gasteiger partial charge in [0.2, 0.25) is 0 Å². The SMILES string of the molecule is CCOC(=O)c1c(N)nsc1N(C)Cc1ccccc1Cl. The Morgan fingerprint density at radius 3 is 2.86 bits per heavy atom. The molecule has 0 saturated heterocycles. The minimum atomic E-state index is -0.454. The van der Waals surface area contributed by atoms with Gasteiger partial charge in [0.15, 0.2) is 5.82 Å². The number of hydrogen-bond acceptors (Lipinski definition) is 6. The molecule has 2 aromatic rings. The minimum Gasteiger partial charge on any atom is -0.462 e. The second-order valence-corrected chi connectivity index (χ2v) is 5.57. The Balaban J connectivity index is 2.26. The third kappa shape index (κ3) is 3.46. The van der Waals surface area contributed by atoms with Gasteiger partial charge in [0.05, 0.1) is 6.61 Å². The Morgan fingerprint density at radius 1 is 1.48 bits per heavy atom.